The maximum Gasteiger partial charge on any atom is 0.323 e. The summed E-state index contributed by atoms with van der Waals surface area (Å²) in [4.78, 5) is 29.6. The van der Waals surface area contributed by atoms with E-state index in [1.807, 2.05) is 6.92 Å². The molecule has 0 unspecified atom stereocenters. The molecule has 168 valence electrons. The minimum Gasteiger partial charge on any atom is -0.384 e. The van der Waals surface area contributed by atoms with Crippen LogP contribution in [0.3, 0.4) is 0 Å². The molecule has 0 aliphatic carbocycles. The second-order valence-corrected chi connectivity index (χ2v) is 8.03. The highest BCUT2D eigenvalue weighted by atomic mass is 79.9. The van der Waals surface area contributed by atoms with Crippen LogP contribution in [0, 0.1) is 11.6 Å². The van der Waals surface area contributed by atoms with E-state index in [1.165, 1.54) is 28.8 Å². The maximum absolute atomic E-state index is 14.6. The third-order valence-electron chi connectivity index (χ3n) is 5.05. The molecule has 2 amide bonds. The summed E-state index contributed by atoms with van der Waals surface area (Å²) in [5, 5.41) is 6.04. The van der Waals surface area contributed by atoms with Crippen molar-refractivity contribution in [2.45, 2.75) is 13.3 Å². The smallest absolute Gasteiger partial charge is 0.323 e. The highest BCUT2D eigenvalue weighted by Crippen LogP contribution is 2.29. The minimum absolute atomic E-state index is 0.0575. The van der Waals surface area contributed by atoms with E-state index in [1.54, 1.807) is 24.5 Å². The quantitative estimate of drug-likeness (QED) is 0.348. The van der Waals surface area contributed by atoms with Crippen LogP contribution in [0.15, 0.2) is 64.1 Å². The van der Waals surface area contributed by atoms with Gasteiger partial charge < -0.3 is 16.4 Å². The lowest BCUT2D eigenvalue weighted by Gasteiger charge is -2.15. The molecule has 2 aromatic heterocycles. The molecule has 7 nitrogen and oxygen atoms in total. The highest BCUT2D eigenvalue weighted by Gasteiger charge is 2.17. The molecule has 2 heterocycles. The number of fused-ring (bicyclic) bond motifs is 1. The van der Waals surface area contributed by atoms with Crippen molar-refractivity contribution in [1.82, 2.24) is 9.55 Å². The van der Waals surface area contributed by atoms with E-state index in [0.717, 1.165) is 6.07 Å². The van der Waals surface area contributed by atoms with Gasteiger partial charge in [0.05, 0.1) is 17.1 Å². The Morgan fingerprint density at radius 2 is 1.85 bits per heavy atom. The normalized spacial score (nSPS) is 10.9. The number of nitrogen functional groups attached to an aromatic ring is 1. The van der Waals surface area contributed by atoms with Gasteiger partial charge in [-0.2, -0.15) is 0 Å². The Morgan fingerprint density at radius 1 is 1.12 bits per heavy atom. The van der Waals surface area contributed by atoms with Gasteiger partial charge in [-0.25, -0.2) is 18.6 Å². The number of nitrogens with one attached hydrogen (secondary N) is 2. The Morgan fingerprint density at radius 3 is 2.58 bits per heavy atom. The molecule has 0 radical (unpaired) electrons. The number of carbonyl (C=O) groups excluding carboxylic acids is 1. The van der Waals surface area contributed by atoms with Gasteiger partial charge in [0, 0.05) is 27.8 Å². The molecule has 0 fully saturated rings. The highest BCUT2D eigenvalue weighted by molar-refractivity contribution is 9.10. The van der Waals surface area contributed by atoms with E-state index in [9.17, 15) is 18.4 Å². The number of halogens is 3. The van der Waals surface area contributed by atoms with Crippen molar-refractivity contribution >= 4 is 49.9 Å². The minimum atomic E-state index is -0.841. The summed E-state index contributed by atoms with van der Waals surface area (Å²) in [5.74, 6) is -1.08. The first-order valence-electron chi connectivity index (χ1n) is 9.90. The number of para-hydroxylation sites is 1. The van der Waals surface area contributed by atoms with E-state index in [2.05, 4.69) is 31.5 Å². The van der Waals surface area contributed by atoms with Gasteiger partial charge in [0.2, 0.25) is 0 Å². The van der Waals surface area contributed by atoms with Gasteiger partial charge in [-0.3, -0.25) is 9.36 Å². The molecule has 2 aromatic carbocycles. The van der Waals surface area contributed by atoms with Gasteiger partial charge in [-0.1, -0.05) is 19.1 Å². The number of rotatable bonds is 4. The Hall–Kier alpha value is -3.79. The number of pyridine rings is 2. The number of aryl methyl sites for hydroxylation is 1. The Balaban J connectivity index is 1.76. The first-order valence-corrected chi connectivity index (χ1v) is 10.7. The van der Waals surface area contributed by atoms with Gasteiger partial charge >= 0.3 is 6.03 Å². The number of amides is 2. The number of aromatic nitrogens is 2. The molecule has 4 N–H and O–H groups in total. The number of anilines is 3. The van der Waals surface area contributed by atoms with Crippen molar-refractivity contribution in [3.63, 3.8) is 0 Å². The maximum atomic E-state index is 14.6. The second-order valence-electron chi connectivity index (χ2n) is 7.18. The van der Waals surface area contributed by atoms with E-state index < -0.39 is 17.7 Å². The number of nitrogens with zero attached hydrogens (tertiary/aromatic N) is 2. The van der Waals surface area contributed by atoms with Crippen molar-refractivity contribution < 1.29 is 13.6 Å². The van der Waals surface area contributed by atoms with E-state index in [4.69, 9.17) is 5.73 Å². The molecular formula is C23H18BrF2N5O2. The molecule has 0 spiro atoms. The zero-order valence-electron chi connectivity index (χ0n) is 17.3. The van der Waals surface area contributed by atoms with E-state index in [0.29, 0.717) is 38.7 Å². The molecule has 0 atom stereocenters. The summed E-state index contributed by atoms with van der Waals surface area (Å²) >= 11 is 3.29. The topological polar surface area (TPSA) is 102 Å². The predicted molar refractivity (Wildman–Crippen MR) is 128 cm³/mol. The summed E-state index contributed by atoms with van der Waals surface area (Å²) in [6.45, 7) is 1.84. The molecular weight excluding hydrogens is 496 g/mol. The molecule has 10 heteroatoms. The zero-order chi connectivity index (χ0) is 23.7. The Labute approximate surface area is 195 Å². The molecule has 0 saturated heterocycles. The summed E-state index contributed by atoms with van der Waals surface area (Å²) in [7, 11) is 0. The number of hydrogen-bond donors (Lipinski definition) is 3. The molecule has 0 saturated carbocycles. The fraction of sp³-hybridized carbons (Fsp3) is 0.0870. The Kier molecular flexibility index (Phi) is 6.10. The van der Waals surface area contributed by atoms with Crippen LogP contribution in [0.1, 0.15) is 12.5 Å². The first kappa shape index (κ1) is 22.4. The van der Waals surface area contributed by atoms with Gasteiger partial charge in [0.1, 0.15) is 17.5 Å². The number of urea groups is 1. The van der Waals surface area contributed by atoms with Crippen molar-refractivity contribution in [1.29, 1.82) is 0 Å². The molecule has 0 aliphatic rings. The van der Waals surface area contributed by atoms with Crippen molar-refractivity contribution in [3.8, 4) is 5.69 Å². The van der Waals surface area contributed by atoms with Gasteiger partial charge in [0.15, 0.2) is 0 Å². The average Bonchev–Trinajstić information content (AvgIpc) is 2.77. The van der Waals surface area contributed by atoms with Crippen molar-refractivity contribution in [2.75, 3.05) is 16.4 Å². The molecule has 4 aromatic rings. The number of benzene rings is 2. The number of hydrogen-bond acceptors (Lipinski definition) is 4. The predicted octanol–water partition coefficient (Wildman–Crippen LogP) is 5.22. The SMILES string of the molecule is CCc1c(=O)n(-c2cc(NC(=O)Nc3ccccc3F)c(F)cc2Br)cc2cnc(N)cc12. The molecule has 33 heavy (non-hydrogen) atoms. The molecule has 4 rings (SSSR count). The third-order valence-corrected chi connectivity index (χ3v) is 5.68. The van der Waals surface area contributed by atoms with Gasteiger partial charge in [0.25, 0.3) is 5.56 Å². The van der Waals surface area contributed by atoms with Crippen LogP contribution in [0.5, 0.6) is 0 Å². The summed E-state index contributed by atoms with van der Waals surface area (Å²) in [6.07, 6.45) is 3.57. The Bertz CT molecular complexity index is 1460. The standard InChI is InChI=1S/C23H18BrF2N5O2/c1-2-13-14-7-21(27)28-10-12(14)11-31(22(13)32)20-9-19(17(26)8-15(20)24)30-23(33)29-18-6-4-3-5-16(18)25/h3-11H,2,27H2,1H3,(H2,29,30,33). The van der Waals surface area contributed by atoms with E-state index in [-0.39, 0.29) is 16.9 Å². The molecule has 0 aliphatic heterocycles. The van der Waals surface area contributed by atoms with Crippen LogP contribution in [0.4, 0.5) is 30.8 Å². The van der Waals surface area contributed by atoms with Crippen LogP contribution >= 0.6 is 15.9 Å². The van der Waals surface area contributed by atoms with Crippen molar-refractivity contribution in [2.24, 2.45) is 0 Å². The van der Waals surface area contributed by atoms with Crippen molar-refractivity contribution in [3.05, 3.63) is 86.9 Å². The van der Waals surface area contributed by atoms with Gasteiger partial charge in [-0.05, 0) is 58.1 Å². The average molecular weight is 514 g/mol. The number of carbonyl (C=O) groups is 1. The zero-order valence-corrected chi connectivity index (χ0v) is 18.9. The van der Waals surface area contributed by atoms with Gasteiger partial charge in [-0.15, -0.1) is 0 Å². The molecule has 0 bridgehead atoms. The van der Waals surface area contributed by atoms with Crippen LogP contribution in [0.25, 0.3) is 16.5 Å². The fourth-order valence-corrected chi connectivity index (χ4v) is 3.99. The lowest BCUT2D eigenvalue weighted by molar-refractivity contribution is 0.262. The van der Waals surface area contributed by atoms with Crippen LogP contribution in [-0.2, 0) is 6.42 Å². The third kappa shape index (κ3) is 4.42. The summed E-state index contributed by atoms with van der Waals surface area (Å²) < 4.78 is 30.1. The monoisotopic (exact) mass is 513 g/mol. The summed E-state index contributed by atoms with van der Waals surface area (Å²) in [6, 6.07) is 8.85. The largest absolute Gasteiger partial charge is 0.384 e. The first-order chi connectivity index (χ1) is 15.8. The van der Waals surface area contributed by atoms with Crippen LogP contribution in [0.2, 0.25) is 0 Å². The van der Waals surface area contributed by atoms with Crippen LogP contribution < -0.4 is 21.9 Å². The van der Waals surface area contributed by atoms with E-state index >= 15 is 0 Å². The lowest BCUT2D eigenvalue weighted by Crippen LogP contribution is -2.24. The fourth-order valence-electron chi connectivity index (χ4n) is 3.48. The lowest BCUT2D eigenvalue weighted by atomic mass is 10.1. The van der Waals surface area contributed by atoms with Crippen LogP contribution in [-0.4, -0.2) is 15.6 Å². The second kappa shape index (κ2) is 8.99. The number of nitrogens with two attached hydrogens (primary N) is 1. The summed E-state index contributed by atoms with van der Waals surface area (Å²) in [5.41, 5.74) is 6.03.